The molecule has 1 aromatic heterocycles. The summed E-state index contributed by atoms with van der Waals surface area (Å²) in [6, 6.07) is 10.0. The zero-order valence-corrected chi connectivity index (χ0v) is 12.0. The molecule has 1 heterocycles. The fourth-order valence-corrected chi connectivity index (χ4v) is 1.91. The minimum Gasteiger partial charge on any atom is -0.308 e. The first kappa shape index (κ1) is 16.6. The molecular formula is C14H18ClF2N3. The summed E-state index contributed by atoms with van der Waals surface area (Å²) < 4.78 is 26.0. The lowest BCUT2D eigenvalue weighted by Crippen LogP contribution is -2.14. The van der Waals surface area contributed by atoms with Gasteiger partial charge in [-0.25, -0.2) is 8.78 Å². The number of nitrogens with zero attached hydrogens (tertiary/aromatic N) is 2. The summed E-state index contributed by atoms with van der Waals surface area (Å²) in [5.74, 6) is 0. The van der Waals surface area contributed by atoms with E-state index < -0.39 is 6.43 Å². The van der Waals surface area contributed by atoms with Crippen molar-refractivity contribution in [3.05, 3.63) is 53.3 Å². The number of rotatable bonds is 6. The van der Waals surface area contributed by atoms with Crippen molar-refractivity contribution in [2.24, 2.45) is 0 Å². The molecule has 3 nitrogen and oxygen atoms in total. The molecule has 0 aliphatic rings. The number of hydrogen-bond donors (Lipinski definition) is 1. The predicted octanol–water partition coefficient (Wildman–Crippen LogP) is 3.17. The van der Waals surface area contributed by atoms with Gasteiger partial charge in [0, 0.05) is 24.3 Å². The van der Waals surface area contributed by atoms with Crippen molar-refractivity contribution in [2.45, 2.75) is 33.0 Å². The first-order chi connectivity index (χ1) is 9.16. The van der Waals surface area contributed by atoms with Crippen LogP contribution in [0.3, 0.4) is 0 Å². The smallest absolute Gasteiger partial charge is 0.257 e. The molecule has 110 valence electrons. The highest BCUT2D eigenvalue weighted by molar-refractivity contribution is 5.85. The van der Waals surface area contributed by atoms with Crippen molar-refractivity contribution >= 4 is 12.4 Å². The lowest BCUT2D eigenvalue weighted by Gasteiger charge is -2.06. The van der Waals surface area contributed by atoms with Crippen LogP contribution in [0, 0.1) is 6.92 Å². The van der Waals surface area contributed by atoms with Gasteiger partial charge in [-0.15, -0.1) is 12.4 Å². The summed E-state index contributed by atoms with van der Waals surface area (Å²) in [5, 5.41) is 7.26. The molecule has 2 aromatic rings. The van der Waals surface area contributed by atoms with Gasteiger partial charge in [0.1, 0.15) is 6.54 Å². The summed E-state index contributed by atoms with van der Waals surface area (Å²) in [6.07, 6.45) is -0.723. The maximum absolute atomic E-state index is 12.3. The number of alkyl halides is 2. The van der Waals surface area contributed by atoms with E-state index in [1.165, 1.54) is 10.2 Å². The number of benzene rings is 1. The molecule has 1 N–H and O–H groups in total. The molecule has 6 heteroatoms. The van der Waals surface area contributed by atoms with Crippen LogP contribution in [0.5, 0.6) is 0 Å². The highest BCUT2D eigenvalue weighted by Gasteiger charge is 2.10. The SMILES string of the molecule is Cc1c(CNCc2ccccc2)cnn1CC(F)F.Cl. The lowest BCUT2D eigenvalue weighted by molar-refractivity contribution is 0.121. The average molecular weight is 302 g/mol. The zero-order chi connectivity index (χ0) is 13.7. The van der Waals surface area contributed by atoms with Gasteiger partial charge in [0.25, 0.3) is 6.43 Å². The van der Waals surface area contributed by atoms with Crippen LogP contribution in [0.25, 0.3) is 0 Å². The number of hydrogen-bond acceptors (Lipinski definition) is 2. The van der Waals surface area contributed by atoms with E-state index in [4.69, 9.17) is 0 Å². The summed E-state index contributed by atoms with van der Waals surface area (Å²) in [4.78, 5) is 0. The molecule has 0 amide bonds. The first-order valence-electron chi connectivity index (χ1n) is 6.21. The highest BCUT2D eigenvalue weighted by Crippen LogP contribution is 2.09. The summed E-state index contributed by atoms with van der Waals surface area (Å²) in [6.45, 7) is 2.85. The van der Waals surface area contributed by atoms with Crippen LogP contribution < -0.4 is 5.32 Å². The third kappa shape index (κ3) is 4.58. The monoisotopic (exact) mass is 301 g/mol. The normalized spacial score (nSPS) is 10.6. The standard InChI is InChI=1S/C14H17F2N3.ClH/c1-11-13(9-18-19(11)10-14(15)16)8-17-7-12-5-3-2-4-6-12;/h2-6,9,14,17H,7-8,10H2,1H3;1H. The highest BCUT2D eigenvalue weighted by atomic mass is 35.5. The molecule has 0 spiro atoms. The Hall–Kier alpha value is -1.46. The lowest BCUT2D eigenvalue weighted by atomic mass is 10.2. The first-order valence-corrected chi connectivity index (χ1v) is 6.21. The van der Waals surface area contributed by atoms with Gasteiger partial charge in [-0.05, 0) is 12.5 Å². The van der Waals surface area contributed by atoms with Gasteiger partial charge in [-0.3, -0.25) is 4.68 Å². The van der Waals surface area contributed by atoms with Gasteiger partial charge in [0.2, 0.25) is 0 Å². The fraction of sp³-hybridized carbons (Fsp3) is 0.357. The maximum atomic E-state index is 12.3. The molecule has 0 bridgehead atoms. The zero-order valence-electron chi connectivity index (χ0n) is 11.2. The largest absolute Gasteiger partial charge is 0.308 e. The molecule has 0 atom stereocenters. The van der Waals surface area contributed by atoms with Crippen molar-refractivity contribution in [1.82, 2.24) is 15.1 Å². The van der Waals surface area contributed by atoms with E-state index in [2.05, 4.69) is 10.4 Å². The van der Waals surface area contributed by atoms with Crippen molar-refractivity contribution in [1.29, 1.82) is 0 Å². The number of halogens is 3. The van der Waals surface area contributed by atoms with E-state index in [0.717, 1.165) is 17.8 Å². The maximum Gasteiger partial charge on any atom is 0.257 e. The van der Waals surface area contributed by atoms with E-state index in [-0.39, 0.29) is 19.0 Å². The number of aromatic nitrogens is 2. The second-order valence-corrected chi connectivity index (χ2v) is 4.42. The fourth-order valence-electron chi connectivity index (χ4n) is 1.91. The van der Waals surface area contributed by atoms with E-state index in [1.807, 2.05) is 37.3 Å². The minimum absolute atomic E-state index is 0. The molecule has 0 aliphatic carbocycles. The Kier molecular flexibility index (Phi) is 6.61. The average Bonchev–Trinajstić information content (AvgIpc) is 2.72. The van der Waals surface area contributed by atoms with Gasteiger partial charge in [0.05, 0.1) is 6.20 Å². The summed E-state index contributed by atoms with van der Waals surface area (Å²) >= 11 is 0. The predicted molar refractivity (Wildman–Crippen MR) is 77.2 cm³/mol. The Morgan fingerprint density at radius 1 is 1.20 bits per heavy atom. The van der Waals surface area contributed by atoms with E-state index in [1.54, 1.807) is 6.20 Å². The van der Waals surface area contributed by atoms with Crippen molar-refractivity contribution in [2.75, 3.05) is 0 Å². The quantitative estimate of drug-likeness (QED) is 0.888. The van der Waals surface area contributed by atoms with Crippen LogP contribution in [0.4, 0.5) is 8.78 Å². The third-order valence-electron chi connectivity index (χ3n) is 3.00. The Balaban J connectivity index is 0.00000200. The summed E-state index contributed by atoms with van der Waals surface area (Å²) in [5.41, 5.74) is 2.94. The molecule has 0 fully saturated rings. The van der Waals surface area contributed by atoms with Gasteiger partial charge in [-0.2, -0.15) is 5.10 Å². The molecule has 0 saturated carbocycles. The molecule has 0 unspecified atom stereocenters. The second kappa shape index (κ2) is 7.97. The van der Waals surface area contributed by atoms with Crippen molar-refractivity contribution in [3.8, 4) is 0 Å². The van der Waals surface area contributed by atoms with Gasteiger partial charge in [-0.1, -0.05) is 30.3 Å². The van der Waals surface area contributed by atoms with Crippen LogP contribution in [0.15, 0.2) is 36.5 Å². The molecule has 20 heavy (non-hydrogen) atoms. The molecule has 1 aromatic carbocycles. The van der Waals surface area contributed by atoms with Gasteiger partial charge in [0.15, 0.2) is 0 Å². The topological polar surface area (TPSA) is 29.9 Å². The molecule has 2 rings (SSSR count). The van der Waals surface area contributed by atoms with Gasteiger partial charge < -0.3 is 5.32 Å². The van der Waals surface area contributed by atoms with Crippen LogP contribution in [-0.2, 0) is 19.6 Å². The molecule has 0 radical (unpaired) electrons. The Labute approximate surface area is 123 Å². The van der Waals surface area contributed by atoms with E-state index >= 15 is 0 Å². The Morgan fingerprint density at radius 3 is 2.55 bits per heavy atom. The Bertz CT molecular complexity index is 514. The van der Waals surface area contributed by atoms with Crippen molar-refractivity contribution < 1.29 is 8.78 Å². The second-order valence-electron chi connectivity index (χ2n) is 4.42. The number of nitrogens with one attached hydrogen (secondary N) is 1. The van der Waals surface area contributed by atoms with Crippen LogP contribution in [-0.4, -0.2) is 16.2 Å². The van der Waals surface area contributed by atoms with Crippen LogP contribution >= 0.6 is 12.4 Å². The third-order valence-corrected chi connectivity index (χ3v) is 3.00. The molecule has 0 saturated heterocycles. The minimum atomic E-state index is -2.37. The van der Waals surface area contributed by atoms with Crippen LogP contribution in [0.2, 0.25) is 0 Å². The van der Waals surface area contributed by atoms with Gasteiger partial charge >= 0.3 is 0 Å². The van der Waals surface area contributed by atoms with Crippen LogP contribution in [0.1, 0.15) is 16.8 Å². The molecule has 0 aliphatic heterocycles. The van der Waals surface area contributed by atoms with Crippen molar-refractivity contribution in [3.63, 3.8) is 0 Å². The molecular weight excluding hydrogens is 284 g/mol. The van der Waals surface area contributed by atoms with E-state index in [0.29, 0.717) is 6.54 Å². The Morgan fingerprint density at radius 2 is 1.90 bits per heavy atom. The summed E-state index contributed by atoms with van der Waals surface area (Å²) in [7, 11) is 0. The van der Waals surface area contributed by atoms with E-state index in [9.17, 15) is 8.78 Å².